The Morgan fingerprint density at radius 3 is 2.42 bits per heavy atom. The minimum atomic E-state index is 0.237. The molecule has 0 aliphatic carbocycles. The van der Waals surface area contributed by atoms with Crippen LogP contribution < -0.4 is 10.1 Å². The zero-order valence-electron chi connectivity index (χ0n) is 11.1. The van der Waals surface area contributed by atoms with Gasteiger partial charge in [0.1, 0.15) is 17.4 Å². The highest BCUT2D eigenvalue weighted by Gasteiger charge is 2.09. The molecule has 100 valence electrons. The average molecular weight is 278 g/mol. The zero-order valence-corrected chi connectivity index (χ0v) is 11.9. The van der Waals surface area contributed by atoms with Gasteiger partial charge in [0, 0.05) is 24.1 Å². The van der Waals surface area contributed by atoms with E-state index < -0.39 is 0 Å². The highest BCUT2D eigenvalue weighted by molar-refractivity contribution is 6.30. The summed E-state index contributed by atoms with van der Waals surface area (Å²) in [5.41, 5.74) is 0. The molecular formula is C14H16ClN3O. The third kappa shape index (κ3) is 3.58. The van der Waals surface area contributed by atoms with E-state index in [2.05, 4.69) is 15.3 Å². The number of ether oxygens (including phenoxy) is 1. The number of halogens is 1. The fourth-order valence-electron chi connectivity index (χ4n) is 1.50. The van der Waals surface area contributed by atoms with E-state index in [4.69, 9.17) is 16.3 Å². The van der Waals surface area contributed by atoms with E-state index in [-0.39, 0.29) is 5.92 Å². The predicted octanol–water partition coefficient (Wildman–Crippen LogP) is 4.09. The molecule has 0 saturated heterocycles. The Bertz CT molecular complexity index is 555. The van der Waals surface area contributed by atoms with Crippen LogP contribution >= 0.6 is 11.6 Å². The van der Waals surface area contributed by atoms with Crippen LogP contribution in [0.5, 0.6) is 11.6 Å². The topological polar surface area (TPSA) is 47.0 Å². The molecule has 5 heteroatoms. The van der Waals surface area contributed by atoms with E-state index in [1.54, 1.807) is 30.3 Å². The Morgan fingerprint density at radius 2 is 1.84 bits per heavy atom. The van der Waals surface area contributed by atoms with Gasteiger partial charge in [-0.25, -0.2) is 4.98 Å². The molecule has 1 heterocycles. The Morgan fingerprint density at radius 1 is 1.16 bits per heavy atom. The molecule has 1 aromatic heterocycles. The molecule has 1 aromatic carbocycles. The molecule has 0 saturated carbocycles. The first-order chi connectivity index (χ1) is 9.08. The van der Waals surface area contributed by atoms with Crippen LogP contribution in [-0.2, 0) is 0 Å². The third-order valence-electron chi connectivity index (χ3n) is 2.53. The summed E-state index contributed by atoms with van der Waals surface area (Å²) in [5.74, 6) is 2.93. The summed E-state index contributed by atoms with van der Waals surface area (Å²) in [6, 6.07) is 8.93. The SMILES string of the molecule is CNc1cc(Oc2ccc(Cl)cc2)nc(C(C)C)n1. The maximum atomic E-state index is 5.84. The predicted molar refractivity (Wildman–Crippen MR) is 77.2 cm³/mol. The van der Waals surface area contributed by atoms with Crippen molar-refractivity contribution in [2.24, 2.45) is 0 Å². The normalized spacial score (nSPS) is 10.6. The second-order valence-electron chi connectivity index (χ2n) is 4.41. The molecule has 0 aliphatic heterocycles. The van der Waals surface area contributed by atoms with E-state index in [9.17, 15) is 0 Å². The Balaban J connectivity index is 2.28. The molecule has 0 unspecified atom stereocenters. The Kier molecular flexibility index (Phi) is 4.22. The van der Waals surface area contributed by atoms with Crippen molar-refractivity contribution in [2.75, 3.05) is 12.4 Å². The van der Waals surface area contributed by atoms with Gasteiger partial charge in [-0.15, -0.1) is 0 Å². The van der Waals surface area contributed by atoms with E-state index in [1.165, 1.54) is 0 Å². The quantitative estimate of drug-likeness (QED) is 0.914. The summed E-state index contributed by atoms with van der Waals surface area (Å²) in [5, 5.41) is 3.68. The molecule has 0 amide bonds. The molecule has 1 N–H and O–H groups in total. The Labute approximate surface area is 117 Å². The van der Waals surface area contributed by atoms with Crippen molar-refractivity contribution < 1.29 is 4.74 Å². The first-order valence-corrected chi connectivity index (χ1v) is 6.46. The first-order valence-electron chi connectivity index (χ1n) is 6.08. The van der Waals surface area contributed by atoms with Gasteiger partial charge in [-0.2, -0.15) is 4.98 Å². The molecule has 0 aliphatic rings. The number of benzene rings is 1. The van der Waals surface area contributed by atoms with Crippen LogP contribution in [0.1, 0.15) is 25.6 Å². The van der Waals surface area contributed by atoms with Crippen molar-refractivity contribution in [2.45, 2.75) is 19.8 Å². The van der Waals surface area contributed by atoms with Crippen LogP contribution in [0.3, 0.4) is 0 Å². The van der Waals surface area contributed by atoms with Crippen molar-refractivity contribution in [3.8, 4) is 11.6 Å². The largest absolute Gasteiger partial charge is 0.439 e. The molecule has 4 nitrogen and oxygen atoms in total. The molecule has 19 heavy (non-hydrogen) atoms. The van der Waals surface area contributed by atoms with E-state index in [0.717, 1.165) is 11.6 Å². The summed E-state index contributed by atoms with van der Waals surface area (Å²) in [7, 11) is 1.82. The van der Waals surface area contributed by atoms with Crippen LogP contribution in [0.4, 0.5) is 5.82 Å². The number of hydrogen-bond acceptors (Lipinski definition) is 4. The van der Waals surface area contributed by atoms with Gasteiger partial charge in [0.2, 0.25) is 5.88 Å². The maximum absolute atomic E-state index is 5.84. The first kappa shape index (κ1) is 13.6. The van der Waals surface area contributed by atoms with Gasteiger partial charge < -0.3 is 10.1 Å². The minimum absolute atomic E-state index is 0.237. The number of nitrogens with one attached hydrogen (secondary N) is 1. The fraction of sp³-hybridized carbons (Fsp3) is 0.286. The number of hydrogen-bond donors (Lipinski definition) is 1. The van der Waals surface area contributed by atoms with Crippen molar-refractivity contribution in [1.29, 1.82) is 0 Å². The summed E-state index contributed by atoms with van der Waals surface area (Å²) < 4.78 is 5.72. The third-order valence-corrected chi connectivity index (χ3v) is 2.78. The molecule has 0 atom stereocenters. The highest BCUT2D eigenvalue weighted by Crippen LogP contribution is 2.24. The van der Waals surface area contributed by atoms with Crippen LogP contribution in [0, 0.1) is 0 Å². The molecular weight excluding hydrogens is 262 g/mol. The second-order valence-corrected chi connectivity index (χ2v) is 4.85. The van der Waals surface area contributed by atoms with Gasteiger partial charge >= 0.3 is 0 Å². The number of rotatable bonds is 4. The second kappa shape index (κ2) is 5.89. The average Bonchev–Trinajstić information content (AvgIpc) is 2.41. The van der Waals surface area contributed by atoms with E-state index >= 15 is 0 Å². The number of nitrogens with zero attached hydrogens (tertiary/aromatic N) is 2. The molecule has 2 aromatic rings. The van der Waals surface area contributed by atoms with Gasteiger partial charge in [-0.3, -0.25) is 0 Å². The number of anilines is 1. The maximum Gasteiger partial charge on any atom is 0.224 e. The van der Waals surface area contributed by atoms with Crippen molar-refractivity contribution in [1.82, 2.24) is 9.97 Å². The fourth-order valence-corrected chi connectivity index (χ4v) is 1.63. The lowest BCUT2D eigenvalue weighted by Crippen LogP contribution is -2.03. The molecule has 2 rings (SSSR count). The summed E-state index contributed by atoms with van der Waals surface area (Å²) in [6.07, 6.45) is 0. The summed E-state index contributed by atoms with van der Waals surface area (Å²) in [4.78, 5) is 8.78. The van der Waals surface area contributed by atoms with Gasteiger partial charge in [0.05, 0.1) is 0 Å². The van der Waals surface area contributed by atoms with Gasteiger partial charge in [0.25, 0.3) is 0 Å². The van der Waals surface area contributed by atoms with E-state index in [1.807, 2.05) is 20.9 Å². The number of aromatic nitrogens is 2. The molecule has 0 bridgehead atoms. The lowest BCUT2D eigenvalue weighted by molar-refractivity contribution is 0.457. The monoisotopic (exact) mass is 277 g/mol. The summed E-state index contributed by atoms with van der Waals surface area (Å²) in [6.45, 7) is 4.09. The van der Waals surface area contributed by atoms with Gasteiger partial charge in [-0.1, -0.05) is 25.4 Å². The van der Waals surface area contributed by atoms with Crippen LogP contribution in [0.2, 0.25) is 5.02 Å². The van der Waals surface area contributed by atoms with Crippen LogP contribution in [-0.4, -0.2) is 17.0 Å². The zero-order chi connectivity index (χ0) is 13.8. The lowest BCUT2D eigenvalue weighted by Gasteiger charge is -2.10. The minimum Gasteiger partial charge on any atom is -0.439 e. The van der Waals surface area contributed by atoms with Crippen LogP contribution in [0.15, 0.2) is 30.3 Å². The van der Waals surface area contributed by atoms with E-state index in [0.29, 0.717) is 16.7 Å². The van der Waals surface area contributed by atoms with Crippen molar-refractivity contribution in [3.63, 3.8) is 0 Å². The van der Waals surface area contributed by atoms with Gasteiger partial charge in [-0.05, 0) is 24.3 Å². The smallest absolute Gasteiger partial charge is 0.224 e. The molecule has 0 radical (unpaired) electrons. The van der Waals surface area contributed by atoms with Crippen molar-refractivity contribution in [3.05, 3.63) is 41.2 Å². The summed E-state index contributed by atoms with van der Waals surface area (Å²) >= 11 is 5.84. The lowest BCUT2D eigenvalue weighted by atomic mass is 10.2. The standard InChI is InChI=1S/C14H16ClN3O/c1-9(2)14-17-12(16-3)8-13(18-14)19-11-6-4-10(15)5-7-11/h4-9H,1-3H3,(H,16,17,18). The Hall–Kier alpha value is -1.81. The van der Waals surface area contributed by atoms with Gasteiger partial charge in [0.15, 0.2) is 0 Å². The molecule has 0 fully saturated rings. The van der Waals surface area contributed by atoms with Crippen LogP contribution in [0.25, 0.3) is 0 Å². The highest BCUT2D eigenvalue weighted by atomic mass is 35.5. The van der Waals surface area contributed by atoms with Crippen molar-refractivity contribution >= 4 is 17.4 Å². The molecule has 0 spiro atoms.